The van der Waals surface area contributed by atoms with Crippen molar-refractivity contribution < 1.29 is 18.7 Å². The predicted molar refractivity (Wildman–Crippen MR) is 137 cm³/mol. The van der Waals surface area contributed by atoms with E-state index >= 15 is 0 Å². The molecular weight excluding hydrogens is 456 g/mol. The molecule has 0 N–H and O–H groups in total. The van der Waals surface area contributed by atoms with Gasteiger partial charge >= 0.3 is 0 Å². The number of anilines is 3. The van der Waals surface area contributed by atoms with Crippen molar-refractivity contribution in [2.24, 2.45) is 0 Å². The molecule has 0 spiro atoms. The molecule has 0 fully saturated rings. The van der Waals surface area contributed by atoms with Crippen molar-refractivity contribution >= 4 is 29.5 Å². The number of pyridine rings is 2. The Kier molecular flexibility index (Phi) is 6.25. The molecule has 0 saturated heterocycles. The average molecular weight is 483 g/mol. The van der Waals surface area contributed by atoms with Crippen LogP contribution in [0.1, 0.15) is 39.0 Å². The fraction of sp³-hybridized carbons (Fsp3) is 0.214. The highest BCUT2D eigenvalue weighted by molar-refractivity contribution is 6.12. The third-order valence-corrected chi connectivity index (χ3v) is 6.26. The number of nitrogens with zero attached hydrogens (tertiary/aromatic N) is 4. The molecule has 8 heteroatoms. The van der Waals surface area contributed by atoms with E-state index in [4.69, 9.17) is 9.15 Å². The van der Waals surface area contributed by atoms with Gasteiger partial charge < -0.3 is 19.0 Å². The minimum absolute atomic E-state index is 0.118. The summed E-state index contributed by atoms with van der Waals surface area (Å²) in [6.45, 7) is 5.05. The molecule has 0 saturated carbocycles. The van der Waals surface area contributed by atoms with Crippen molar-refractivity contribution in [3.8, 4) is 17.1 Å². The first-order valence-electron chi connectivity index (χ1n) is 11.8. The summed E-state index contributed by atoms with van der Waals surface area (Å²) in [5.41, 5.74) is 4.04. The molecule has 1 aliphatic rings. The van der Waals surface area contributed by atoms with E-state index in [0.29, 0.717) is 54.6 Å². The molecular formula is C28H26N4O4. The molecule has 4 aromatic rings. The number of carbonyl (C=O) groups excluding carboxylic acids is 2. The van der Waals surface area contributed by atoms with Gasteiger partial charge in [0.2, 0.25) is 0 Å². The van der Waals surface area contributed by atoms with Crippen molar-refractivity contribution in [1.82, 2.24) is 9.97 Å². The minimum atomic E-state index is -0.118. The maximum Gasteiger partial charge on any atom is 0.261 e. The number of carbonyl (C=O) groups is 2. The third kappa shape index (κ3) is 4.22. The van der Waals surface area contributed by atoms with Gasteiger partial charge in [-0.15, -0.1) is 0 Å². The zero-order valence-corrected chi connectivity index (χ0v) is 20.4. The topological polar surface area (TPSA) is 88.8 Å². The summed E-state index contributed by atoms with van der Waals surface area (Å²) in [4.78, 5) is 36.9. The maximum absolute atomic E-state index is 13.3. The van der Waals surface area contributed by atoms with Crippen LogP contribution in [0.5, 0.6) is 5.75 Å². The van der Waals surface area contributed by atoms with Gasteiger partial charge in [0.1, 0.15) is 17.3 Å². The molecule has 0 aliphatic carbocycles. The Morgan fingerprint density at radius 2 is 1.94 bits per heavy atom. The number of amides is 1. The van der Waals surface area contributed by atoms with Crippen LogP contribution < -0.4 is 14.5 Å². The lowest BCUT2D eigenvalue weighted by molar-refractivity contribution is 0.0993. The van der Waals surface area contributed by atoms with Crippen LogP contribution in [0.3, 0.4) is 0 Å². The maximum atomic E-state index is 13.3. The molecule has 1 aliphatic heterocycles. The number of aldehydes is 1. The van der Waals surface area contributed by atoms with Crippen molar-refractivity contribution in [3.63, 3.8) is 0 Å². The number of fused-ring (bicyclic) bond motifs is 2. The molecule has 1 aromatic carbocycles. The summed E-state index contributed by atoms with van der Waals surface area (Å²) >= 11 is 0. The van der Waals surface area contributed by atoms with Gasteiger partial charge in [0.25, 0.3) is 5.91 Å². The van der Waals surface area contributed by atoms with E-state index in [1.165, 1.54) is 0 Å². The van der Waals surface area contributed by atoms with E-state index in [2.05, 4.69) is 9.97 Å². The van der Waals surface area contributed by atoms with Crippen LogP contribution in [0.2, 0.25) is 0 Å². The Morgan fingerprint density at radius 3 is 2.69 bits per heavy atom. The molecule has 4 heterocycles. The quantitative estimate of drug-likeness (QED) is 0.333. The number of aryl methyl sites for hydroxylation is 1. The Hall–Kier alpha value is -4.46. The summed E-state index contributed by atoms with van der Waals surface area (Å²) < 4.78 is 11.5. The number of rotatable bonds is 7. The summed E-state index contributed by atoms with van der Waals surface area (Å²) in [7, 11) is 1.76. The first kappa shape index (κ1) is 23.3. The largest absolute Gasteiger partial charge is 0.493 e. The highest BCUT2D eigenvalue weighted by Gasteiger charge is 2.30. The lowest BCUT2D eigenvalue weighted by Crippen LogP contribution is -2.25. The van der Waals surface area contributed by atoms with Gasteiger partial charge in [-0.2, -0.15) is 0 Å². The Labute approximate surface area is 209 Å². The molecule has 0 radical (unpaired) electrons. The number of aromatic nitrogens is 2. The third-order valence-electron chi connectivity index (χ3n) is 6.26. The second-order valence-electron chi connectivity index (χ2n) is 8.57. The van der Waals surface area contributed by atoms with Crippen LogP contribution in [-0.4, -0.2) is 42.4 Å². The Balaban J connectivity index is 1.32. The van der Waals surface area contributed by atoms with Gasteiger partial charge in [-0.25, -0.2) is 9.97 Å². The van der Waals surface area contributed by atoms with E-state index in [0.717, 1.165) is 28.1 Å². The Morgan fingerprint density at radius 1 is 1.08 bits per heavy atom. The first-order valence-corrected chi connectivity index (χ1v) is 11.8. The van der Waals surface area contributed by atoms with Gasteiger partial charge in [0, 0.05) is 38.0 Å². The first-order chi connectivity index (χ1) is 17.5. The van der Waals surface area contributed by atoms with Crippen molar-refractivity contribution in [3.05, 3.63) is 83.4 Å². The van der Waals surface area contributed by atoms with Crippen LogP contribution in [-0.2, 0) is 6.42 Å². The summed E-state index contributed by atoms with van der Waals surface area (Å²) in [6, 6.07) is 14.8. The molecule has 3 aromatic heterocycles. The van der Waals surface area contributed by atoms with Crippen molar-refractivity contribution in [2.45, 2.75) is 20.3 Å². The number of ether oxygens (including phenoxy) is 1. The second-order valence-corrected chi connectivity index (χ2v) is 8.57. The van der Waals surface area contributed by atoms with Gasteiger partial charge in [-0.1, -0.05) is 0 Å². The van der Waals surface area contributed by atoms with Gasteiger partial charge in [-0.3, -0.25) is 9.59 Å². The number of hydrogen-bond acceptors (Lipinski definition) is 7. The lowest BCUT2D eigenvalue weighted by atomic mass is 10.1. The molecule has 0 atom stereocenters. The average Bonchev–Trinajstić information content (AvgIpc) is 3.36. The molecule has 36 heavy (non-hydrogen) atoms. The van der Waals surface area contributed by atoms with Gasteiger partial charge in [0.05, 0.1) is 17.9 Å². The Bertz CT molecular complexity index is 1450. The number of benzene rings is 1. The predicted octanol–water partition coefficient (Wildman–Crippen LogP) is 5.23. The second kappa shape index (κ2) is 9.65. The molecule has 182 valence electrons. The zero-order valence-electron chi connectivity index (χ0n) is 20.4. The minimum Gasteiger partial charge on any atom is -0.493 e. The fourth-order valence-electron chi connectivity index (χ4n) is 4.37. The van der Waals surface area contributed by atoms with E-state index in [1.54, 1.807) is 36.5 Å². The van der Waals surface area contributed by atoms with E-state index in [9.17, 15) is 9.59 Å². The summed E-state index contributed by atoms with van der Waals surface area (Å²) in [5.74, 6) is 2.90. The number of hydrogen-bond donors (Lipinski definition) is 0. The molecule has 0 unspecified atom stereocenters. The van der Waals surface area contributed by atoms with Crippen LogP contribution in [0.15, 0.2) is 65.3 Å². The SMILES string of the molecule is CCN1c2ncc(CCOc3ccc(-c4ccc(C=O)o4)cc3C)cc2C(=O)N(C)c2cccnc21. The van der Waals surface area contributed by atoms with E-state index < -0.39 is 0 Å². The van der Waals surface area contributed by atoms with Gasteiger partial charge in [-0.05, 0) is 73.5 Å². The summed E-state index contributed by atoms with van der Waals surface area (Å²) in [5, 5.41) is 0. The zero-order chi connectivity index (χ0) is 25.2. The van der Waals surface area contributed by atoms with E-state index in [-0.39, 0.29) is 5.91 Å². The standard InChI is InChI=1S/C28H26N4O4/c1-4-32-26-22(28(34)31(3)23-6-5-12-29-27(23)32)15-19(16-30-26)11-13-35-24-9-7-20(14-18(24)2)25-10-8-21(17-33)36-25/h5-10,12,14-17H,4,11,13H2,1-3H3. The van der Waals surface area contributed by atoms with Crippen molar-refractivity contribution in [2.75, 3.05) is 30.0 Å². The molecule has 5 rings (SSSR count). The lowest BCUT2D eigenvalue weighted by Gasteiger charge is -2.22. The van der Waals surface area contributed by atoms with Crippen LogP contribution in [0, 0.1) is 6.92 Å². The highest BCUT2D eigenvalue weighted by atomic mass is 16.5. The summed E-state index contributed by atoms with van der Waals surface area (Å²) in [6.07, 6.45) is 4.80. The highest BCUT2D eigenvalue weighted by Crippen LogP contribution is 2.37. The van der Waals surface area contributed by atoms with Crippen LogP contribution in [0.4, 0.5) is 17.3 Å². The normalized spacial score (nSPS) is 12.7. The smallest absolute Gasteiger partial charge is 0.261 e. The molecule has 1 amide bonds. The fourth-order valence-corrected chi connectivity index (χ4v) is 4.37. The van der Waals surface area contributed by atoms with Gasteiger partial charge in [0.15, 0.2) is 17.9 Å². The van der Waals surface area contributed by atoms with Crippen molar-refractivity contribution in [1.29, 1.82) is 0 Å². The number of furan rings is 1. The van der Waals surface area contributed by atoms with Crippen LogP contribution in [0.25, 0.3) is 11.3 Å². The molecule has 8 nitrogen and oxygen atoms in total. The van der Waals surface area contributed by atoms with E-state index in [1.807, 2.05) is 55.1 Å². The monoisotopic (exact) mass is 482 g/mol. The molecule has 0 bridgehead atoms. The van der Waals surface area contributed by atoms with Crippen LogP contribution >= 0.6 is 0 Å².